The number of hydrogen-bond donors (Lipinski definition) is 2. The summed E-state index contributed by atoms with van der Waals surface area (Å²) in [5, 5.41) is 18.6. The number of nitrogens with zero attached hydrogens (tertiary/aromatic N) is 4. The first-order valence-corrected chi connectivity index (χ1v) is 9.85. The van der Waals surface area contributed by atoms with E-state index in [2.05, 4.69) is 20.8 Å². The molecule has 0 spiro atoms. The molecule has 1 heterocycles. The van der Waals surface area contributed by atoms with Crippen molar-refractivity contribution in [1.29, 1.82) is 10.5 Å². The maximum Gasteiger partial charge on any atom is 0.276 e. The lowest BCUT2D eigenvalue weighted by atomic mass is 9.68. The van der Waals surface area contributed by atoms with E-state index in [1.165, 1.54) is 0 Å². The number of rotatable bonds is 4. The Morgan fingerprint density at radius 2 is 1.81 bits per heavy atom. The van der Waals surface area contributed by atoms with Crippen molar-refractivity contribution < 1.29 is 14.3 Å². The Morgan fingerprint density at radius 3 is 2.48 bits per heavy atom. The number of fused-ring (bicyclic) bond motifs is 5. The van der Waals surface area contributed by atoms with Crippen molar-refractivity contribution in [3.63, 3.8) is 0 Å². The summed E-state index contributed by atoms with van der Waals surface area (Å²) in [7, 11) is 0. The second-order valence-electron chi connectivity index (χ2n) is 8.20. The Morgan fingerprint density at radius 1 is 1.13 bits per heavy atom. The Hall–Kier alpha value is -3.98. The number of ether oxygens (including phenoxy) is 1. The number of nitrogens with one attached hydrogen (secondary N) is 2. The monoisotopic (exact) mass is 416 g/mol. The van der Waals surface area contributed by atoms with Gasteiger partial charge in [-0.15, -0.1) is 0 Å². The number of nitriles is 2. The number of carbonyl (C=O) groups excluding carboxylic acids is 2. The van der Waals surface area contributed by atoms with E-state index >= 15 is 0 Å². The van der Waals surface area contributed by atoms with E-state index in [9.17, 15) is 20.1 Å². The van der Waals surface area contributed by atoms with Crippen LogP contribution in [0.3, 0.4) is 0 Å². The molecule has 2 aromatic rings. The van der Waals surface area contributed by atoms with Crippen LogP contribution in [0.5, 0.6) is 5.75 Å². The highest BCUT2D eigenvalue weighted by atomic mass is 16.5. The van der Waals surface area contributed by atoms with Crippen LogP contribution in [-0.2, 0) is 15.0 Å². The first-order valence-electron chi connectivity index (χ1n) is 9.85. The van der Waals surface area contributed by atoms with E-state index < -0.39 is 22.6 Å². The van der Waals surface area contributed by atoms with E-state index in [0.717, 1.165) is 0 Å². The molecule has 0 saturated heterocycles. The summed E-state index contributed by atoms with van der Waals surface area (Å²) in [5.74, 6) is -0.463. The van der Waals surface area contributed by atoms with Crippen LogP contribution in [0.15, 0.2) is 30.3 Å². The first kappa shape index (κ1) is 20.3. The summed E-state index contributed by atoms with van der Waals surface area (Å²) in [6.45, 7) is 3.64. The van der Waals surface area contributed by atoms with Crippen LogP contribution >= 0.6 is 0 Å². The van der Waals surface area contributed by atoms with Gasteiger partial charge in [-0.1, -0.05) is 32.0 Å². The number of hydrogen-bond acceptors (Lipinski definition) is 7. The molecule has 2 bridgehead atoms. The fraction of sp³-hybridized carbons (Fsp3) is 0.364. The van der Waals surface area contributed by atoms with E-state index in [0.29, 0.717) is 30.0 Å². The average Bonchev–Trinajstić information content (AvgIpc) is 3.16. The zero-order valence-electron chi connectivity index (χ0n) is 17.1. The molecule has 9 heteroatoms. The maximum absolute atomic E-state index is 13.4. The molecule has 1 saturated carbocycles. The predicted molar refractivity (Wildman–Crippen MR) is 107 cm³/mol. The van der Waals surface area contributed by atoms with Crippen LogP contribution in [0.1, 0.15) is 55.4 Å². The minimum Gasteiger partial charge on any atom is -0.484 e. The zero-order chi connectivity index (χ0) is 22.2. The highest BCUT2D eigenvalue weighted by molar-refractivity contribution is 5.93. The minimum atomic E-state index is -1.06. The van der Waals surface area contributed by atoms with E-state index in [-0.39, 0.29) is 23.9 Å². The standard InChI is InChI=1S/C22H20N6O3/c1-21(2)14-8-9-22(21,19-18(14)25-15(10-23)16(11-24)26-19)20(30)28-27-17(29)12-31-13-6-4-3-5-7-13/h3-7,14H,8-9,12H2,1-2H3,(H,27,29)(H,28,30). The van der Waals surface area contributed by atoms with Gasteiger partial charge in [-0.05, 0) is 30.4 Å². The molecule has 0 aliphatic heterocycles. The van der Waals surface area contributed by atoms with Gasteiger partial charge in [-0.25, -0.2) is 9.97 Å². The lowest BCUT2D eigenvalue weighted by Crippen LogP contribution is -2.55. The van der Waals surface area contributed by atoms with Crippen LogP contribution in [0.25, 0.3) is 0 Å². The van der Waals surface area contributed by atoms with Gasteiger partial charge >= 0.3 is 0 Å². The Labute approximate surface area is 179 Å². The van der Waals surface area contributed by atoms with Crippen LogP contribution in [0.2, 0.25) is 0 Å². The second-order valence-corrected chi connectivity index (χ2v) is 8.20. The number of aromatic nitrogens is 2. The molecule has 2 aliphatic carbocycles. The Balaban J connectivity index is 1.55. The van der Waals surface area contributed by atoms with Gasteiger partial charge in [0.15, 0.2) is 18.0 Å². The normalized spacial score (nSPS) is 22.0. The Kier molecular flexibility index (Phi) is 4.82. The fourth-order valence-corrected chi connectivity index (χ4v) is 4.85. The summed E-state index contributed by atoms with van der Waals surface area (Å²) in [4.78, 5) is 34.3. The molecule has 1 aromatic heterocycles. The van der Waals surface area contributed by atoms with Gasteiger partial charge in [0.2, 0.25) is 0 Å². The molecule has 156 valence electrons. The third-order valence-electron chi connectivity index (χ3n) is 6.46. The molecule has 2 unspecified atom stereocenters. The summed E-state index contributed by atoms with van der Waals surface area (Å²) < 4.78 is 5.39. The van der Waals surface area contributed by atoms with Gasteiger partial charge < -0.3 is 4.74 Å². The fourth-order valence-electron chi connectivity index (χ4n) is 4.85. The van der Waals surface area contributed by atoms with E-state index in [4.69, 9.17) is 4.74 Å². The lowest BCUT2D eigenvalue weighted by molar-refractivity contribution is -0.135. The zero-order valence-corrected chi connectivity index (χ0v) is 17.1. The quantitative estimate of drug-likeness (QED) is 0.721. The van der Waals surface area contributed by atoms with Crippen molar-refractivity contribution in [1.82, 2.24) is 20.8 Å². The SMILES string of the molecule is CC1(C)C2CCC1(C(=O)NNC(=O)COc1ccccc1)c1nc(C#N)c(C#N)nc12. The van der Waals surface area contributed by atoms with Gasteiger partial charge in [0.25, 0.3) is 11.8 Å². The first-order chi connectivity index (χ1) is 14.8. The van der Waals surface area contributed by atoms with Crippen LogP contribution in [-0.4, -0.2) is 28.4 Å². The van der Waals surface area contributed by atoms with Crippen LogP contribution < -0.4 is 15.6 Å². The predicted octanol–water partition coefficient (Wildman–Crippen LogP) is 1.60. The number of amides is 2. The summed E-state index contributed by atoms with van der Waals surface area (Å²) in [6.07, 6.45) is 1.20. The molecule has 31 heavy (non-hydrogen) atoms. The topological polar surface area (TPSA) is 141 Å². The van der Waals surface area contributed by atoms with Crippen LogP contribution in [0.4, 0.5) is 0 Å². The van der Waals surface area contributed by atoms with Crippen molar-refractivity contribution in [2.45, 2.75) is 38.0 Å². The van der Waals surface area contributed by atoms with Gasteiger partial charge in [-0.2, -0.15) is 10.5 Å². The highest BCUT2D eigenvalue weighted by Crippen LogP contribution is 2.66. The molecular formula is C22H20N6O3. The molecular weight excluding hydrogens is 396 g/mol. The minimum absolute atomic E-state index is 0.0356. The third-order valence-corrected chi connectivity index (χ3v) is 6.46. The summed E-state index contributed by atoms with van der Waals surface area (Å²) in [5.41, 5.74) is 4.15. The van der Waals surface area contributed by atoms with Crippen LogP contribution in [0, 0.1) is 28.1 Å². The lowest BCUT2D eigenvalue weighted by Gasteiger charge is -2.36. The summed E-state index contributed by atoms with van der Waals surface area (Å²) >= 11 is 0. The number of carbonyl (C=O) groups is 2. The number of para-hydroxylation sites is 1. The molecule has 0 radical (unpaired) electrons. The Bertz CT molecular complexity index is 1150. The largest absolute Gasteiger partial charge is 0.484 e. The van der Waals surface area contributed by atoms with E-state index in [1.54, 1.807) is 24.3 Å². The molecule has 2 aliphatic rings. The summed E-state index contributed by atoms with van der Waals surface area (Å²) in [6, 6.07) is 12.7. The van der Waals surface area contributed by atoms with Gasteiger partial charge in [0.05, 0.1) is 11.4 Å². The van der Waals surface area contributed by atoms with Gasteiger partial charge in [0.1, 0.15) is 23.3 Å². The molecule has 9 nitrogen and oxygen atoms in total. The van der Waals surface area contributed by atoms with Crippen molar-refractivity contribution in [2.75, 3.05) is 6.61 Å². The molecule has 1 fully saturated rings. The maximum atomic E-state index is 13.4. The van der Waals surface area contributed by atoms with E-state index in [1.807, 2.05) is 32.1 Å². The molecule has 2 atom stereocenters. The van der Waals surface area contributed by atoms with Gasteiger partial charge in [-0.3, -0.25) is 20.4 Å². The molecule has 2 amide bonds. The smallest absolute Gasteiger partial charge is 0.276 e. The number of hydrazine groups is 1. The average molecular weight is 416 g/mol. The molecule has 1 aromatic carbocycles. The second kappa shape index (κ2) is 7.37. The van der Waals surface area contributed by atoms with Gasteiger partial charge in [0, 0.05) is 5.92 Å². The third kappa shape index (κ3) is 2.98. The van der Waals surface area contributed by atoms with Crippen molar-refractivity contribution >= 4 is 11.8 Å². The molecule has 2 N–H and O–H groups in total. The number of benzene rings is 1. The van der Waals surface area contributed by atoms with Crippen molar-refractivity contribution in [3.8, 4) is 17.9 Å². The van der Waals surface area contributed by atoms with Crippen molar-refractivity contribution in [3.05, 3.63) is 53.1 Å². The van der Waals surface area contributed by atoms with Crippen molar-refractivity contribution in [2.24, 2.45) is 5.41 Å². The highest BCUT2D eigenvalue weighted by Gasteiger charge is 2.68. The molecule has 4 rings (SSSR count).